The molecular formula is C17H27ClN2O. The Morgan fingerprint density at radius 3 is 2.86 bits per heavy atom. The molecule has 0 saturated carbocycles. The summed E-state index contributed by atoms with van der Waals surface area (Å²) in [5, 5.41) is 4.19. The van der Waals surface area contributed by atoms with Gasteiger partial charge in [-0.15, -0.1) is 0 Å². The molecule has 1 heterocycles. The number of hydrogen-bond donors (Lipinski definition) is 1. The van der Waals surface area contributed by atoms with Crippen LogP contribution in [0.25, 0.3) is 0 Å². The third kappa shape index (κ3) is 4.12. The summed E-state index contributed by atoms with van der Waals surface area (Å²) in [6, 6.07) is 7.75. The van der Waals surface area contributed by atoms with Crippen molar-refractivity contribution in [1.82, 2.24) is 5.32 Å². The lowest BCUT2D eigenvalue weighted by atomic mass is 10.1. The van der Waals surface area contributed by atoms with E-state index in [0.29, 0.717) is 12.1 Å². The second-order valence-electron chi connectivity index (χ2n) is 5.84. The molecule has 1 aliphatic heterocycles. The van der Waals surface area contributed by atoms with Gasteiger partial charge in [0.1, 0.15) is 0 Å². The van der Waals surface area contributed by atoms with Crippen LogP contribution in [0.3, 0.4) is 0 Å². The average Bonchev–Trinajstić information content (AvgIpc) is 2.86. The van der Waals surface area contributed by atoms with Gasteiger partial charge in [-0.2, -0.15) is 0 Å². The fourth-order valence-electron chi connectivity index (χ4n) is 3.18. The fourth-order valence-corrected chi connectivity index (χ4v) is 3.42. The largest absolute Gasteiger partial charge is 0.383 e. The summed E-state index contributed by atoms with van der Waals surface area (Å²) in [6.07, 6.45) is 3.76. The maximum atomic E-state index is 6.46. The number of nitrogens with one attached hydrogen (secondary N) is 1. The second-order valence-corrected chi connectivity index (χ2v) is 6.25. The van der Waals surface area contributed by atoms with E-state index in [2.05, 4.69) is 42.3 Å². The molecule has 0 aromatic heterocycles. The van der Waals surface area contributed by atoms with Crippen LogP contribution in [0.4, 0.5) is 5.69 Å². The molecule has 4 heteroatoms. The standard InChI is InChI=1S/C17H27ClN2O/c1-4-15-7-5-13(2)20(15)16-8-6-14(17(18)11-16)12-19-9-10-21-3/h6,8,11,13,15,19H,4-5,7,9-10,12H2,1-3H3. The van der Waals surface area contributed by atoms with Crippen LogP contribution in [0.1, 0.15) is 38.7 Å². The molecule has 2 unspecified atom stereocenters. The molecule has 118 valence electrons. The molecule has 0 bridgehead atoms. The molecule has 1 aliphatic rings. The van der Waals surface area contributed by atoms with E-state index in [4.69, 9.17) is 16.3 Å². The molecule has 0 aliphatic carbocycles. The summed E-state index contributed by atoms with van der Waals surface area (Å²) in [7, 11) is 1.71. The van der Waals surface area contributed by atoms with Gasteiger partial charge in [0.05, 0.1) is 6.61 Å². The smallest absolute Gasteiger partial charge is 0.0587 e. The van der Waals surface area contributed by atoms with Crippen molar-refractivity contribution in [3.63, 3.8) is 0 Å². The Morgan fingerprint density at radius 1 is 1.38 bits per heavy atom. The first kappa shape index (κ1) is 16.6. The summed E-state index contributed by atoms with van der Waals surface area (Å²) in [4.78, 5) is 2.54. The molecule has 2 rings (SSSR count). The molecule has 1 N–H and O–H groups in total. The van der Waals surface area contributed by atoms with Crippen LogP contribution >= 0.6 is 11.6 Å². The number of anilines is 1. The minimum atomic E-state index is 0.608. The molecule has 2 atom stereocenters. The van der Waals surface area contributed by atoms with Gasteiger partial charge in [0.25, 0.3) is 0 Å². The predicted octanol–water partition coefficient (Wildman–Crippen LogP) is 3.84. The van der Waals surface area contributed by atoms with Gasteiger partial charge in [0.15, 0.2) is 0 Å². The van der Waals surface area contributed by atoms with Gasteiger partial charge in [0, 0.05) is 43.0 Å². The summed E-state index contributed by atoms with van der Waals surface area (Å²) >= 11 is 6.46. The van der Waals surface area contributed by atoms with Gasteiger partial charge in [-0.3, -0.25) is 0 Å². The minimum absolute atomic E-state index is 0.608. The Kier molecular flexibility index (Phi) is 6.34. The lowest BCUT2D eigenvalue weighted by molar-refractivity contribution is 0.199. The zero-order valence-corrected chi connectivity index (χ0v) is 14.1. The van der Waals surface area contributed by atoms with Crippen molar-refractivity contribution < 1.29 is 4.74 Å². The number of ether oxygens (including phenoxy) is 1. The topological polar surface area (TPSA) is 24.5 Å². The van der Waals surface area contributed by atoms with Crippen molar-refractivity contribution in [1.29, 1.82) is 0 Å². The zero-order chi connectivity index (χ0) is 15.2. The van der Waals surface area contributed by atoms with Gasteiger partial charge < -0.3 is 15.0 Å². The summed E-state index contributed by atoms with van der Waals surface area (Å²) < 4.78 is 5.03. The van der Waals surface area contributed by atoms with Crippen LogP contribution in [0.2, 0.25) is 5.02 Å². The van der Waals surface area contributed by atoms with Crippen LogP contribution in [0.5, 0.6) is 0 Å². The average molecular weight is 311 g/mol. The Balaban J connectivity index is 2.04. The Bertz CT molecular complexity index is 452. The van der Waals surface area contributed by atoms with Crippen molar-refractivity contribution in [2.75, 3.05) is 25.2 Å². The van der Waals surface area contributed by atoms with E-state index in [1.54, 1.807) is 7.11 Å². The number of methoxy groups -OCH3 is 1. The summed E-state index contributed by atoms with van der Waals surface area (Å²) in [6.45, 7) is 6.93. The van der Waals surface area contributed by atoms with Crippen molar-refractivity contribution in [2.45, 2.75) is 51.7 Å². The second kappa shape index (κ2) is 8.02. The quantitative estimate of drug-likeness (QED) is 0.774. The molecule has 0 spiro atoms. The number of halogens is 1. The molecular weight excluding hydrogens is 284 g/mol. The highest BCUT2D eigenvalue weighted by molar-refractivity contribution is 6.31. The van der Waals surface area contributed by atoms with Gasteiger partial charge in [-0.05, 0) is 43.9 Å². The van der Waals surface area contributed by atoms with Crippen molar-refractivity contribution in [3.8, 4) is 0 Å². The van der Waals surface area contributed by atoms with Crippen LogP contribution < -0.4 is 10.2 Å². The summed E-state index contributed by atoms with van der Waals surface area (Å²) in [5.74, 6) is 0. The van der Waals surface area contributed by atoms with E-state index < -0.39 is 0 Å². The highest BCUT2D eigenvalue weighted by Crippen LogP contribution is 2.34. The van der Waals surface area contributed by atoms with Crippen LogP contribution in [-0.2, 0) is 11.3 Å². The monoisotopic (exact) mass is 310 g/mol. The number of benzene rings is 1. The molecule has 1 saturated heterocycles. The number of nitrogens with zero attached hydrogens (tertiary/aromatic N) is 1. The van der Waals surface area contributed by atoms with Crippen LogP contribution in [0.15, 0.2) is 18.2 Å². The maximum Gasteiger partial charge on any atom is 0.0587 e. The first-order chi connectivity index (χ1) is 10.2. The van der Waals surface area contributed by atoms with Crippen molar-refractivity contribution in [2.24, 2.45) is 0 Å². The molecule has 0 radical (unpaired) electrons. The first-order valence-corrected chi connectivity index (χ1v) is 8.31. The minimum Gasteiger partial charge on any atom is -0.383 e. The van der Waals surface area contributed by atoms with Crippen LogP contribution in [0, 0.1) is 0 Å². The molecule has 3 nitrogen and oxygen atoms in total. The molecule has 21 heavy (non-hydrogen) atoms. The number of hydrogen-bond acceptors (Lipinski definition) is 3. The fraction of sp³-hybridized carbons (Fsp3) is 0.647. The molecule has 1 aromatic carbocycles. The highest BCUT2D eigenvalue weighted by Gasteiger charge is 2.29. The Morgan fingerprint density at radius 2 is 2.19 bits per heavy atom. The third-order valence-electron chi connectivity index (χ3n) is 4.39. The Hall–Kier alpha value is -0.770. The molecule has 1 aromatic rings. The van der Waals surface area contributed by atoms with E-state index in [1.165, 1.54) is 24.9 Å². The van der Waals surface area contributed by atoms with Crippen LogP contribution in [-0.4, -0.2) is 32.3 Å². The Labute approximate surface area is 133 Å². The van der Waals surface area contributed by atoms with Crippen molar-refractivity contribution in [3.05, 3.63) is 28.8 Å². The normalized spacial score (nSPS) is 22.0. The van der Waals surface area contributed by atoms with E-state index in [1.807, 2.05) is 0 Å². The van der Waals surface area contributed by atoms with Gasteiger partial charge >= 0.3 is 0 Å². The van der Waals surface area contributed by atoms with E-state index in [0.717, 1.165) is 30.3 Å². The van der Waals surface area contributed by atoms with Crippen molar-refractivity contribution >= 4 is 17.3 Å². The maximum absolute atomic E-state index is 6.46. The zero-order valence-electron chi connectivity index (χ0n) is 13.4. The SMILES string of the molecule is CCC1CCC(C)N1c1ccc(CNCCOC)c(Cl)c1. The third-order valence-corrected chi connectivity index (χ3v) is 4.74. The van der Waals surface area contributed by atoms with E-state index in [-0.39, 0.29) is 0 Å². The summed E-state index contributed by atoms with van der Waals surface area (Å²) in [5.41, 5.74) is 2.41. The lowest BCUT2D eigenvalue weighted by Gasteiger charge is -2.30. The lowest BCUT2D eigenvalue weighted by Crippen LogP contribution is -2.34. The molecule has 1 fully saturated rings. The van der Waals surface area contributed by atoms with E-state index in [9.17, 15) is 0 Å². The van der Waals surface area contributed by atoms with Gasteiger partial charge in [-0.1, -0.05) is 24.6 Å². The predicted molar refractivity (Wildman–Crippen MR) is 90.3 cm³/mol. The highest BCUT2D eigenvalue weighted by atomic mass is 35.5. The van der Waals surface area contributed by atoms with Gasteiger partial charge in [-0.25, -0.2) is 0 Å². The molecule has 0 amide bonds. The van der Waals surface area contributed by atoms with E-state index >= 15 is 0 Å². The first-order valence-electron chi connectivity index (χ1n) is 7.93. The van der Waals surface area contributed by atoms with Gasteiger partial charge in [0.2, 0.25) is 0 Å². The number of rotatable bonds is 7.